The number of aromatic amines is 1. The fourth-order valence-corrected chi connectivity index (χ4v) is 2.65. The summed E-state index contributed by atoms with van der Waals surface area (Å²) in [6, 6.07) is 8.41. The lowest BCUT2D eigenvalue weighted by Gasteiger charge is -1.94. The molecule has 1 fully saturated rings. The van der Waals surface area contributed by atoms with Gasteiger partial charge in [0.1, 0.15) is 0 Å². The minimum absolute atomic E-state index is 1.00. The molecule has 0 radical (unpaired) electrons. The Hall–Kier alpha value is -1.19. The predicted molar refractivity (Wildman–Crippen MR) is 66.7 cm³/mol. The second kappa shape index (κ2) is 3.76. The molecule has 0 bridgehead atoms. The molecular formula is C12H12N2S. The van der Waals surface area contributed by atoms with Crippen LogP contribution in [0.2, 0.25) is 0 Å². The Morgan fingerprint density at radius 2 is 2.20 bits per heavy atom. The summed E-state index contributed by atoms with van der Waals surface area (Å²) >= 11 is 1.89. The summed E-state index contributed by atoms with van der Waals surface area (Å²) in [6.45, 7) is 1.00. The van der Waals surface area contributed by atoms with Gasteiger partial charge in [0, 0.05) is 40.0 Å². The van der Waals surface area contributed by atoms with Crippen molar-refractivity contribution in [3.63, 3.8) is 0 Å². The molecular weight excluding hydrogens is 204 g/mol. The maximum absolute atomic E-state index is 3.32. The van der Waals surface area contributed by atoms with Gasteiger partial charge in [-0.05, 0) is 12.1 Å². The van der Waals surface area contributed by atoms with Crippen molar-refractivity contribution in [2.75, 3.05) is 12.4 Å². The van der Waals surface area contributed by atoms with E-state index in [1.165, 1.54) is 21.4 Å². The molecule has 0 spiro atoms. The van der Waals surface area contributed by atoms with E-state index in [-0.39, 0.29) is 0 Å². The van der Waals surface area contributed by atoms with Crippen molar-refractivity contribution in [3.05, 3.63) is 40.9 Å². The number of rotatable bonds is 1. The minimum Gasteiger partial charge on any atom is -0.361 e. The van der Waals surface area contributed by atoms with Crippen molar-refractivity contribution in [2.45, 2.75) is 0 Å². The predicted octanol–water partition coefficient (Wildman–Crippen LogP) is 2.80. The van der Waals surface area contributed by atoms with Crippen molar-refractivity contribution >= 4 is 28.7 Å². The summed E-state index contributed by atoms with van der Waals surface area (Å²) in [7, 11) is 0. The summed E-state index contributed by atoms with van der Waals surface area (Å²) in [5.74, 6) is 1.04. The first kappa shape index (κ1) is 9.07. The Morgan fingerprint density at radius 1 is 1.27 bits per heavy atom. The molecule has 0 atom stereocenters. The van der Waals surface area contributed by atoms with Gasteiger partial charge in [-0.15, -0.1) is 11.8 Å². The van der Waals surface area contributed by atoms with Crippen LogP contribution in [0.1, 0.15) is 5.56 Å². The smallest absolute Gasteiger partial charge is 0.0465 e. The molecule has 0 amide bonds. The third-order valence-corrected chi connectivity index (χ3v) is 3.58. The molecule has 3 rings (SSSR count). The molecule has 2 N–H and O–H groups in total. The zero-order valence-electron chi connectivity index (χ0n) is 8.29. The molecule has 0 unspecified atom stereocenters. The van der Waals surface area contributed by atoms with E-state index in [0.29, 0.717) is 0 Å². The van der Waals surface area contributed by atoms with Crippen molar-refractivity contribution < 1.29 is 0 Å². The van der Waals surface area contributed by atoms with Gasteiger partial charge < -0.3 is 10.3 Å². The molecule has 0 aliphatic carbocycles. The number of para-hydroxylation sites is 1. The number of H-pyrrole nitrogens is 1. The summed E-state index contributed by atoms with van der Waals surface area (Å²) < 4.78 is 0. The van der Waals surface area contributed by atoms with E-state index in [4.69, 9.17) is 0 Å². The molecule has 1 aromatic carbocycles. The number of hydrogen-bond acceptors (Lipinski definition) is 2. The highest BCUT2D eigenvalue weighted by molar-refractivity contribution is 8.03. The average Bonchev–Trinajstić information content (AvgIpc) is 2.89. The molecule has 76 valence electrons. The zero-order chi connectivity index (χ0) is 10.1. The van der Waals surface area contributed by atoms with Gasteiger partial charge in [-0.25, -0.2) is 0 Å². The van der Waals surface area contributed by atoms with Crippen LogP contribution in [0.4, 0.5) is 0 Å². The van der Waals surface area contributed by atoms with Gasteiger partial charge in [-0.2, -0.15) is 0 Å². The highest BCUT2D eigenvalue weighted by atomic mass is 32.2. The van der Waals surface area contributed by atoms with Gasteiger partial charge >= 0.3 is 0 Å². The van der Waals surface area contributed by atoms with Crippen LogP contribution in [0.3, 0.4) is 0 Å². The minimum atomic E-state index is 1.00. The summed E-state index contributed by atoms with van der Waals surface area (Å²) in [5, 5.41) is 4.62. The summed E-state index contributed by atoms with van der Waals surface area (Å²) in [5.41, 5.74) is 2.50. The molecule has 2 heterocycles. The van der Waals surface area contributed by atoms with E-state index in [9.17, 15) is 0 Å². The maximum Gasteiger partial charge on any atom is 0.0465 e. The second-order valence-corrected chi connectivity index (χ2v) is 4.72. The Bertz CT molecular complexity index is 505. The number of thioether (sulfide) groups is 1. The van der Waals surface area contributed by atoms with E-state index in [0.717, 1.165) is 12.4 Å². The van der Waals surface area contributed by atoms with E-state index >= 15 is 0 Å². The molecule has 1 aliphatic heterocycles. The van der Waals surface area contributed by atoms with Gasteiger partial charge in [0.2, 0.25) is 0 Å². The highest BCUT2D eigenvalue weighted by Gasteiger charge is 2.07. The number of fused-ring (bicyclic) bond motifs is 1. The van der Waals surface area contributed by atoms with Crippen molar-refractivity contribution in [1.82, 2.24) is 10.3 Å². The molecule has 1 aliphatic rings. The topological polar surface area (TPSA) is 27.8 Å². The standard InChI is InChI=1S/C12H12N2S/c1-2-4-12-11(3-1)9(6-14-12)5-10-7-13-8-15-10/h1-6,13-14H,7-8H2. The Morgan fingerprint density at radius 3 is 3.07 bits per heavy atom. The second-order valence-electron chi connectivity index (χ2n) is 3.62. The Labute approximate surface area is 92.8 Å². The van der Waals surface area contributed by atoms with Crippen LogP contribution in [0, 0.1) is 0 Å². The first-order valence-electron chi connectivity index (χ1n) is 5.04. The zero-order valence-corrected chi connectivity index (χ0v) is 9.10. The third-order valence-electron chi connectivity index (χ3n) is 2.60. The highest BCUT2D eigenvalue weighted by Crippen LogP contribution is 2.25. The monoisotopic (exact) mass is 216 g/mol. The van der Waals surface area contributed by atoms with E-state index in [1.807, 2.05) is 11.8 Å². The van der Waals surface area contributed by atoms with Gasteiger partial charge in [0.05, 0.1) is 0 Å². The van der Waals surface area contributed by atoms with Gasteiger partial charge in [-0.1, -0.05) is 18.2 Å². The van der Waals surface area contributed by atoms with E-state index in [2.05, 4.69) is 46.8 Å². The maximum atomic E-state index is 3.32. The number of aromatic nitrogens is 1. The molecule has 2 nitrogen and oxygen atoms in total. The lowest BCUT2D eigenvalue weighted by Crippen LogP contribution is -2.04. The Kier molecular flexibility index (Phi) is 2.27. The lowest BCUT2D eigenvalue weighted by molar-refractivity contribution is 0.916. The number of benzene rings is 1. The van der Waals surface area contributed by atoms with Gasteiger partial charge in [-0.3, -0.25) is 0 Å². The van der Waals surface area contributed by atoms with Crippen LogP contribution in [0.15, 0.2) is 35.4 Å². The quantitative estimate of drug-likeness (QED) is 0.767. The van der Waals surface area contributed by atoms with Crippen LogP contribution in [-0.4, -0.2) is 17.4 Å². The van der Waals surface area contributed by atoms with Crippen LogP contribution in [-0.2, 0) is 0 Å². The van der Waals surface area contributed by atoms with Crippen molar-refractivity contribution in [2.24, 2.45) is 0 Å². The lowest BCUT2D eigenvalue weighted by atomic mass is 10.1. The van der Waals surface area contributed by atoms with Crippen molar-refractivity contribution in [1.29, 1.82) is 0 Å². The first-order chi connectivity index (χ1) is 7.43. The fraction of sp³-hybridized carbons (Fsp3) is 0.167. The molecule has 1 saturated heterocycles. The molecule has 3 heteroatoms. The average molecular weight is 216 g/mol. The van der Waals surface area contributed by atoms with Crippen LogP contribution in [0.5, 0.6) is 0 Å². The SMILES string of the molecule is C(=C1CNCS1)c1c[nH]c2ccccc12. The summed E-state index contributed by atoms with van der Waals surface area (Å²) in [4.78, 5) is 4.70. The van der Waals surface area contributed by atoms with Crippen LogP contribution < -0.4 is 5.32 Å². The Balaban J connectivity index is 2.07. The number of nitrogens with one attached hydrogen (secondary N) is 2. The van der Waals surface area contributed by atoms with E-state index < -0.39 is 0 Å². The van der Waals surface area contributed by atoms with Crippen molar-refractivity contribution in [3.8, 4) is 0 Å². The van der Waals surface area contributed by atoms with Crippen LogP contribution in [0.25, 0.3) is 17.0 Å². The molecule has 1 aromatic heterocycles. The molecule has 15 heavy (non-hydrogen) atoms. The van der Waals surface area contributed by atoms with Crippen LogP contribution >= 0.6 is 11.8 Å². The van der Waals surface area contributed by atoms with Gasteiger partial charge in [0.25, 0.3) is 0 Å². The largest absolute Gasteiger partial charge is 0.361 e. The van der Waals surface area contributed by atoms with Gasteiger partial charge in [0.15, 0.2) is 0 Å². The summed E-state index contributed by atoms with van der Waals surface area (Å²) in [6.07, 6.45) is 4.35. The van der Waals surface area contributed by atoms with E-state index in [1.54, 1.807) is 0 Å². The fourth-order valence-electron chi connectivity index (χ4n) is 1.85. The normalized spacial score (nSPS) is 19.1. The first-order valence-corrected chi connectivity index (χ1v) is 6.02. The third kappa shape index (κ3) is 1.68. The number of hydrogen-bond donors (Lipinski definition) is 2. The molecule has 0 saturated carbocycles. The molecule has 2 aromatic rings.